The van der Waals surface area contributed by atoms with Gasteiger partial charge in [0.2, 0.25) is 5.43 Å². The monoisotopic (exact) mass is 524 g/mol. The fourth-order valence-electron chi connectivity index (χ4n) is 4.65. The Morgan fingerprint density at radius 3 is 2.46 bits per heavy atom. The summed E-state index contributed by atoms with van der Waals surface area (Å²) in [6.07, 6.45) is 1.93. The minimum absolute atomic E-state index is 0.149. The number of nitrogens with zero attached hydrogens (tertiary/aromatic N) is 4. The van der Waals surface area contributed by atoms with Crippen molar-refractivity contribution in [2.75, 3.05) is 13.7 Å². The van der Waals surface area contributed by atoms with E-state index in [9.17, 15) is 14.4 Å². The molecular weight excluding hydrogens is 496 g/mol. The first-order valence-electron chi connectivity index (χ1n) is 12.7. The zero-order valence-corrected chi connectivity index (χ0v) is 22.0. The number of carbonyl (C=O) groups excluding carboxylic acids is 2. The molecular formula is C30H28N4O5. The number of hydrogen-bond donors (Lipinski definition) is 0. The van der Waals surface area contributed by atoms with Crippen LogP contribution in [0.2, 0.25) is 0 Å². The lowest BCUT2D eigenvalue weighted by molar-refractivity contribution is -0.136. The van der Waals surface area contributed by atoms with Crippen LogP contribution in [0.3, 0.4) is 0 Å². The van der Waals surface area contributed by atoms with Crippen LogP contribution in [0.4, 0.5) is 0 Å². The summed E-state index contributed by atoms with van der Waals surface area (Å²) in [5.41, 5.74) is 3.15. The number of hydrogen-bond acceptors (Lipinski definition) is 7. The molecule has 0 radical (unpaired) electrons. The average Bonchev–Trinajstić information content (AvgIpc) is 3.42. The highest BCUT2D eigenvalue weighted by Gasteiger charge is 2.34. The van der Waals surface area contributed by atoms with E-state index in [0.717, 1.165) is 22.5 Å². The van der Waals surface area contributed by atoms with Crippen molar-refractivity contribution in [3.8, 4) is 5.75 Å². The second kappa shape index (κ2) is 10.9. The molecule has 1 aliphatic rings. The zero-order chi connectivity index (χ0) is 27.5. The maximum absolute atomic E-state index is 13.3. The molecule has 39 heavy (non-hydrogen) atoms. The van der Waals surface area contributed by atoms with E-state index in [2.05, 4.69) is 10.1 Å². The zero-order valence-electron chi connectivity index (χ0n) is 22.0. The summed E-state index contributed by atoms with van der Waals surface area (Å²) < 4.78 is 12.3. The molecule has 1 amide bonds. The van der Waals surface area contributed by atoms with Gasteiger partial charge in [-0.05, 0) is 49.2 Å². The lowest BCUT2D eigenvalue weighted by atomic mass is 9.98. The molecule has 0 aliphatic carbocycles. The number of benzene rings is 2. The number of hydrazone groups is 1. The summed E-state index contributed by atoms with van der Waals surface area (Å²) >= 11 is 0. The Kier molecular flexibility index (Phi) is 7.23. The Morgan fingerprint density at radius 1 is 1.03 bits per heavy atom. The van der Waals surface area contributed by atoms with Crippen LogP contribution in [0.1, 0.15) is 46.6 Å². The normalized spacial score (nSPS) is 14.8. The van der Waals surface area contributed by atoms with E-state index in [1.54, 1.807) is 23.8 Å². The first-order chi connectivity index (χ1) is 18.9. The van der Waals surface area contributed by atoms with Crippen molar-refractivity contribution >= 4 is 28.6 Å². The maximum atomic E-state index is 13.3. The molecule has 5 rings (SSSR count). The molecule has 2 aromatic carbocycles. The van der Waals surface area contributed by atoms with E-state index in [-0.39, 0.29) is 11.6 Å². The quantitative estimate of drug-likeness (QED) is 0.335. The lowest BCUT2D eigenvalue weighted by Crippen LogP contribution is -2.32. The molecule has 3 heterocycles. The second-order valence-corrected chi connectivity index (χ2v) is 9.20. The average molecular weight is 525 g/mol. The number of carbonyl (C=O) groups is 2. The smallest absolute Gasteiger partial charge is 0.344 e. The molecule has 0 N–H and O–H groups in total. The summed E-state index contributed by atoms with van der Waals surface area (Å²) in [7, 11) is 1.59. The molecule has 1 aliphatic heterocycles. The van der Waals surface area contributed by atoms with Gasteiger partial charge in [-0.25, -0.2) is 14.8 Å². The highest BCUT2D eigenvalue weighted by Crippen LogP contribution is 2.33. The third-order valence-corrected chi connectivity index (χ3v) is 6.72. The van der Waals surface area contributed by atoms with Crippen molar-refractivity contribution in [1.29, 1.82) is 0 Å². The van der Waals surface area contributed by atoms with Gasteiger partial charge in [-0.15, -0.1) is 0 Å². The van der Waals surface area contributed by atoms with Crippen LogP contribution in [0.25, 0.3) is 11.0 Å². The van der Waals surface area contributed by atoms with Crippen molar-refractivity contribution in [3.05, 3.63) is 106 Å². The number of ether oxygens (including phenoxy) is 2. The molecule has 2 aromatic heterocycles. The fourth-order valence-corrected chi connectivity index (χ4v) is 4.65. The van der Waals surface area contributed by atoms with Gasteiger partial charge in [-0.1, -0.05) is 42.5 Å². The van der Waals surface area contributed by atoms with Gasteiger partial charge in [0.05, 0.1) is 24.2 Å². The number of fused-ring (bicyclic) bond motifs is 1. The Bertz CT molecular complexity index is 1630. The SMILES string of the molecule is CCn1cc(C(=O)OCC(=O)N2N=C(c3ccccc3)CC2c2ccc(OC)cc2)c(=O)c2ccc(C)nc21. The Hall–Kier alpha value is -4.79. The van der Waals surface area contributed by atoms with Gasteiger partial charge in [-0.2, -0.15) is 5.10 Å². The number of rotatable bonds is 7. The van der Waals surface area contributed by atoms with E-state index in [1.165, 1.54) is 11.2 Å². The predicted octanol–water partition coefficient (Wildman–Crippen LogP) is 4.27. The van der Waals surface area contributed by atoms with E-state index >= 15 is 0 Å². The molecule has 9 heteroatoms. The highest BCUT2D eigenvalue weighted by molar-refractivity contribution is 6.03. The van der Waals surface area contributed by atoms with Gasteiger partial charge in [-0.3, -0.25) is 9.59 Å². The summed E-state index contributed by atoms with van der Waals surface area (Å²) in [5, 5.41) is 6.28. The molecule has 9 nitrogen and oxygen atoms in total. The third-order valence-electron chi connectivity index (χ3n) is 6.72. The number of methoxy groups -OCH3 is 1. The number of amides is 1. The Balaban J connectivity index is 1.39. The first kappa shape index (κ1) is 25.8. The molecule has 198 valence electrons. The first-order valence-corrected chi connectivity index (χ1v) is 12.7. The second-order valence-electron chi connectivity index (χ2n) is 9.20. The van der Waals surface area contributed by atoms with Crippen LogP contribution in [-0.4, -0.2) is 45.9 Å². The molecule has 0 saturated heterocycles. The van der Waals surface area contributed by atoms with Crippen LogP contribution in [0.5, 0.6) is 5.75 Å². The number of pyridine rings is 2. The minimum Gasteiger partial charge on any atom is -0.497 e. The molecule has 1 unspecified atom stereocenters. The van der Waals surface area contributed by atoms with Gasteiger partial charge in [0.1, 0.15) is 17.0 Å². The molecule has 0 saturated carbocycles. The molecule has 0 bridgehead atoms. The third kappa shape index (κ3) is 5.16. The van der Waals surface area contributed by atoms with Crippen molar-refractivity contribution in [3.63, 3.8) is 0 Å². The van der Waals surface area contributed by atoms with E-state index in [0.29, 0.717) is 29.7 Å². The number of esters is 1. The van der Waals surface area contributed by atoms with Crippen LogP contribution < -0.4 is 10.2 Å². The number of aromatic nitrogens is 2. The standard InChI is InChI=1S/C30H28N4O5/c1-4-33-17-24(28(36)23-15-10-19(2)31-29(23)33)30(37)39-18-27(35)34-26(21-11-13-22(38-3)14-12-21)16-25(32-34)20-8-6-5-7-9-20/h5-15,17,26H,4,16,18H2,1-3H3. The van der Waals surface area contributed by atoms with E-state index in [4.69, 9.17) is 9.47 Å². The molecule has 4 aromatic rings. The van der Waals surface area contributed by atoms with Crippen LogP contribution in [0, 0.1) is 6.92 Å². The van der Waals surface area contributed by atoms with Crippen LogP contribution in [0.15, 0.2) is 82.8 Å². The van der Waals surface area contributed by atoms with Crippen molar-refractivity contribution in [1.82, 2.24) is 14.6 Å². The van der Waals surface area contributed by atoms with Gasteiger partial charge in [0.25, 0.3) is 5.91 Å². The predicted molar refractivity (Wildman–Crippen MR) is 147 cm³/mol. The van der Waals surface area contributed by atoms with Crippen molar-refractivity contribution < 1.29 is 19.1 Å². The molecule has 0 fully saturated rings. The van der Waals surface area contributed by atoms with E-state index < -0.39 is 23.9 Å². The maximum Gasteiger partial charge on any atom is 0.344 e. The Morgan fingerprint density at radius 2 is 1.77 bits per heavy atom. The topological polar surface area (TPSA) is 103 Å². The van der Waals surface area contributed by atoms with Crippen LogP contribution >= 0.6 is 0 Å². The van der Waals surface area contributed by atoms with Crippen molar-refractivity contribution in [2.24, 2.45) is 5.10 Å². The summed E-state index contributed by atoms with van der Waals surface area (Å²) in [6.45, 7) is 3.66. The van der Waals surface area contributed by atoms with Crippen LogP contribution in [-0.2, 0) is 16.1 Å². The summed E-state index contributed by atoms with van der Waals surface area (Å²) in [5.74, 6) is -0.666. The summed E-state index contributed by atoms with van der Waals surface area (Å²) in [4.78, 5) is 43.8. The molecule has 0 spiro atoms. The van der Waals surface area contributed by atoms with Gasteiger partial charge >= 0.3 is 5.97 Å². The molecule has 1 atom stereocenters. The highest BCUT2D eigenvalue weighted by atomic mass is 16.5. The Labute approximate surface area is 225 Å². The fraction of sp³-hybridized carbons (Fsp3) is 0.233. The van der Waals surface area contributed by atoms with Gasteiger partial charge < -0.3 is 14.0 Å². The van der Waals surface area contributed by atoms with Gasteiger partial charge in [0.15, 0.2) is 6.61 Å². The van der Waals surface area contributed by atoms with Crippen molar-refractivity contribution in [2.45, 2.75) is 32.9 Å². The largest absolute Gasteiger partial charge is 0.497 e. The lowest BCUT2D eigenvalue weighted by Gasteiger charge is -2.22. The van der Waals surface area contributed by atoms with Gasteiger partial charge in [0, 0.05) is 24.9 Å². The summed E-state index contributed by atoms with van der Waals surface area (Å²) in [6, 6.07) is 20.0. The van der Waals surface area contributed by atoms with E-state index in [1.807, 2.05) is 68.4 Å². The number of aryl methyl sites for hydroxylation is 2. The minimum atomic E-state index is -0.870.